The fourth-order valence-electron chi connectivity index (χ4n) is 3.02. The summed E-state index contributed by atoms with van der Waals surface area (Å²) in [6.07, 6.45) is 0. The molecule has 0 aliphatic carbocycles. The molecule has 31 heavy (non-hydrogen) atoms. The van der Waals surface area contributed by atoms with Gasteiger partial charge in [0.15, 0.2) is 6.61 Å². The molecule has 2 aromatic rings. The highest BCUT2D eigenvalue weighted by Gasteiger charge is 2.28. The molecule has 0 aliphatic rings. The normalized spacial score (nSPS) is 12.1. The van der Waals surface area contributed by atoms with Crippen molar-refractivity contribution in [2.45, 2.75) is 59.7 Å². The van der Waals surface area contributed by atoms with E-state index in [2.05, 4.69) is 5.32 Å². The van der Waals surface area contributed by atoms with Gasteiger partial charge in [0, 0.05) is 12.1 Å². The molecule has 168 valence electrons. The molecule has 2 rings (SSSR count). The number of hydrogen-bond acceptors (Lipinski definition) is 4. The maximum absolute atomic E-state index is 13.1. The summed E-state index contributed by atoms with van der Waals surface area (Å²) in [5.74, 6) is 0.900. The first-order valence-corrected chi connectivity index (χ1v) is 10.4. The van der Waals surface area contributed by atoms with Crippen LogP contribution < -0.4 is 14.8 Å². The second-order valence-electron chi connectivity index (χ2n) is 8.82. The molecule has 0 unspecified atom stereocenters. The molecule has 6 heteroatoms. The smallest absolute Gasteiger partial charge is 0.261 e. The van der Waals surface area contributed by atoms with Gasteiger partial charge in [-0.15, -0.1) is 0 Å². The Morgan fingerprint density at radius 2 is 1.61 bits per heavy atom. The Kier molecular flexibility index (Phi) is 8.08. The minimum Gasteiger partial charge on any atom is -0.497 e. The number of carbonyl (C=O) groups excluding carboxylic acids is 2. The van der Waals surface area contributed by atoms with Crippen molar-refractivity contribution in [3.8, 4) is 11.5 Å². The quantitative estimate of drug-likeness (QED) is 0.692. The molecular formula is C25H34N2O4. The predicted molar refractivity (Wildman–Crippen MR) is 122 cm³/mol. The number of rotatable bonds is 8. The minimum atomic E-state index is -0.655. The molecule has 0 saturated heterocycles. The van der Waals surface area contributed by atoms with Crippen molar-refractivity contribution >= 4 is 11.8 Å². The first-order valence-electron chi connectivity index (χ1n) is 10.4. The Hall–Kier alpha value is -3.02. The number of aryl methyl sites for hydroxylation is 2. The van der Waals surface area contributed by atoms with E-state index in [9.17, 15) is 9.59 Å². The fourth-order valence-corrected chi connectivity index (χ4v) is 3.02. The van der Waals surface area contributed by atoms with E-state index in [1.54, 1.807) is 18.9 Å². The number of ether oxygens (including phenoxy) is 2. The zero-order chi connectivity index (χ0) is 23.2. The average Bonchev–Trinajstić information content (AvgIpc) is 2.71. The number of amides is 2. The maximum Gasteiger partial charge on any atom is 0.261 e. The SMILES string of the molecule is COc1ccc(CN(C(=O)COc2ccc(C)c(C)c2)[C@H](C)C(=O)NC(C)(C)C)cc1. The topological polar surface area (TPSA) is 67.9 Å². The van der Waals surface area contributed by atoms with E-state index in [0.717, 1.165) is 22.4 Å². The Labute approximate surface area is 185 Å². The summed E-state index contributed by atoms with van der Waals surface area (Å²) in [6, 6.07) is 12.5. The van der Waals surface area contributed by atoms with Gasteiger partial charge >= 0.3 is 0 Å². The number of methoxy groups -OCH3 is 1. The summed E-state index contributed by atoms with van der Waals surface area (Å²) in [4.78, 5) is 27.4. The van der Waals surface area contributed by atoms with Gasteiger partial charge in [-0.2, -0.15) is 0 Å². The van der Waals surface area contributed by atoms with E-state index in [-0.39, 0.29) is 25.0 Å². The lowest BCUT2D eigenvalue weighted by Gasteiger charge is -2.31. The van der Waals surface area contributed by atoms with Gasteiger partial charge in [-0.05, 0) is 82.5 Å². The van der Waals surface area contributed by atoms with E-state index in [1.165, 1.54) is 0 Å². The van der Waals surface area contributed by atoms with Crippen molar-refractivity contribution in [3.05, 3.63) is 59.2 Å². The van der Waals surface area contributed by atoms with Crippen LogP contribution in [0.25, 0.3) is 0 Å². The van der Waals surface area contributed by atoms with Crippen molar-refractivity contribution in [2.75, 3.05) is 13.7 Å². The standard InChI is InChI=1S/C25H34N2O4/c1-17-8-11-22(14-18(17)2)31-16-23(28)27(19(3)24(29)26-25(4,5)6)15-20-9-12-21(30-7)13-10-20/h8-14,19H,15-16H2,1-7H3,(H,26,29)/t19-/m1/s1. The van der Waals surface area contributed by atoms with Gasteiger partial charge in [0.25, 0.3) is 5.91 Å². The summed E-state index contributed by atoms with van der Waals surface area (Å²) in [5, 5.41) is 2.95. The molecule has 1 N–H and O–H groups in total. The van der Waals surface area contributed by atoms with Crippen LogP contribution in [0.15, 0.2) is 42.5 Å². The van der Waals surface area contributed by atoms with Crippen LogP contribution >= 0.6 is 0 Å². The number of carbonyl (C=O) groups is 2. The Morgan fingerprint density at radius 1 is 1.00 bits per heavy atom. The van der Waals surface area contributed by atoms with Gasteiger partial charge in [0.2, 0.25) is 5.91 Å². The fraction of sp³-hybridized carbons (Fsp3) is 0.440. The molecule has 0 radical (unpaired) electrons. The van der Waals surface area contributed by atoms with Gasteiger partial charge < -0.3 is 19.7 Å². The lowest BCUT2D eigenvalue weighted by Crippen LogP contribution is -2.53. The summed E-state index contributed by atoms with van der Waals surface area (Å²) in [6.45, 7) is 11.6. The lowest BCUT2D eigenvalue weighted by atomic mass is 10.1. The van der Waals surface area contributed by atoms with Crippen LogP contribution in [0.1, 0.15) is 44.4 Å². The van der Waals surface area contributed by atoms with Crippen LogP contribution in [0, 0.1) is 13.8 Å². The molecule has 0 spiro atoms. The minimum absolute atomic E-state index is 0.147. The molecule has 2 aromatic carbocycles. The number of nitrogens with zero attached hydrogens (tertiary/aromatic N) is 1. The van der Waals surface area contributed by atoms with Gasteiger partial charge in [-0.25, -0.2) is 0 Å². The maximum atomic E-state index is 13.1. The molecule has 0 aliphatic heterocycles. The van der Waals surface area contributed by atoms with E-state index in [0.29, 0.717) is 5.75 Å². The van der Waals surface area contributed by atoms with Crippen molar-refractivity contribution in [2.24, 2.45) is 0 Å². The van der Waals surface area contributed by atoms with Crippen LogP contribution in [0.5, 0.6) is 11.5 Å². The van der Waals surface area contributed by atoms with E-state index < -0.39 is 11.6 Å². The van der Waals surface area contributed by atoms with Gasteiger partial charge in [-0.3, -0.25) is 9.59 Å². The number of hydrogen-bond donors (Lipinski definition) is 1. The monoisotopic (exact) mass is 426 g/mol. The second-order valence-corrected chi connectivity index (χ2v) is 8.82. The lowest BCUT2D eigenvalue weighted by molar-refractivity contribution is -0.142. The molecule has 0 bridgehead atoms. The van der Waals surface area contributed by atoms with Crippen LogP contribution in [-0.4, -0.2) is 42.0 Å². The Bertz CT molecular complexity index is 901. The largest absolute Gasteiger partial charge is 0.497 e. The first kappa shape index (κ1) is 24.3. The molecule has 1 atom stereocenters. The van der Waals surface area contributed by atoms with E-state index in [1.807, 2.05) is 77.1 Å². The zero-order valence-electron chi connectivity index (χ0n) is 19.6. The molecule has 6 nitrogen and oxygen atoms in total. The van der Waals surface area contributed by atoms with E-state index >= 15 is 0 Å². The van der Waals surface area contributed by atoms with Crippen molar-refractivity contribution in [3.63, 3.8) is 0 Å². The summed E-state index contributed by atoms with van der Waals surface area (Å²) in [5.41, 5.74) is 2.76. The van der Waals surface area contributed by atoms with Gasteiger partial charge in [0.05, 0.1) is 7.11 Å². The van der Waals surface area contributed by atoms with Crippen LogP contribution in [0.2, 0.25) is 0 Å². The molecule has 0 saturated carbocycles. The first-order chi connectivity index (χ1) is 14.5. The van der Waals surface area contributed by atoms with E-state index in [4.69, 9.17) is 9.47 Å². The molecular weight excluding hydrogens is 392 g/mol. The van der Waals surface area contributed by atoms with Crippen molar-refractivity contribution in [1.82, 2.24) is 10.2 Å². The van der Waals surface area contributed by atoms with Crippen LogP contribution in [0.3, 0.4) is 0 Å². The number of nitrogens with one attached hydrogen (secondary N) is 1. The molecule has 0 aromatic heterocycles. The average molecular weight is 427 g/mol. The highest BCUT2D eigenvalue weighted by molar-refractivity contribution is 5.88. The third kappa shape index (κ3) is 7.31. The third-order valence-electron chi connectivity index (χ3n) is 5.02. The molecule has 0 heterocycles. The van der Waals surface area contributed by atoms with Crippen LogP contribution in [-0.2, 0) is 16.1 Å². The third-order valence-corrected chi connectivity index (χ3v) is 5.02. The van der Waals surface area contributed by atoms with Crippen LogP contribution in [0.4, 0.5) is 0 Å². The summed E-state index contributed by atoms with van der Waals surface area (Å²) < 4.78 is 10.9. The summed E-state index contributed by atoms with van der Waals surface area (Å²) in [7, 11) is 1.61. The highest BCUT2D eigenvalue weighted by atomic mass is 16.5. The Morgan fingerprint density at radius 3 is 2.16 bits per heavy atom. The molecule has 0 fully saturated rings. The highest BCUT2D eigenvalue weighted by Crippen LogP contribution is 2.18. The zero-order valence-corrected chi connectivity index (χ0v) is 19.6. The van der Waals surface area contributed by atoms with Crippen molar-refractivity contribution in [1.29, 1.82) is 0 Å². The number of benzene rings is 2. The molecule has 2 amide bonds. The second kappa shape index (κ2) is 10.3. The predicted octanol–water partition coefficient (Wildman–Crippen LogP) is 4.02. The Balaban J connectivity index is 2.18. The van der Waals surface area contributed by atoms with Crippen molar-refractivity contribution < 1.29 is 19.1 Å². The van der Waals surface area contributed by atoms with Gasteiger partial charge in [0.1, 0.15) is 17.5 Å². The van der Waals surface area contributed by atoms with Gasteiger partial charge in [-0.1, -0.05) is 18.2 Å². The summed E-state index contributed by atoms with van der Waals surface area (Å²) >= 11 is 0.